The summed E-state index contributed by atoms with van der Waals surface area (Å²) in [7, 11) is 0. The lowest BCUT2D eigenvalue weighted by Crippen LogP contribution is -2.48. The lowest BCUT2D eigenvalue weighted by Gasteiger charge is -2.56. The van der Waals surface area contributed by atoms with Crippen molar-refractivity contribution in [3.8, 4) is 0 Å². The van der Waals surface area contributed by atoms with Crippen LogP contribution in [0.4, 0.5) is 0 Å². The van der Waals surface area contributed by atoms with Gasteiger partial charge in [-0.2, -0.15) is 0 Å². The minimum atomic E-state index is -0.115. The molecule has 4 aliphatic rings. The van der Waals surface area contributed by atoms with Gasteiger partial charge in [0.1, 0.15) is 6.10 Å². The molecule has 1 fully saturated rings. The molecule has 0 aliphatic heterocycles. The second-order valence-corrected chi connectivity index (χ2v) is 13.0. The van der Waals surface area contributed by atoms with Crippen molar-refractivity contribution in [3.63, 3.8) is 0 Å². The Morgan fingerprint density at radius 1 is 1.15 bits per heavy atom. The van der Waals surface area contributed by atoms with Crippen LogP contribution in [-0.2, 0) is 9.53 Å². The number of hydrogen-bond acceptors (Lipinski definition) is 2. The smallest absolute Gasteiger partial charge is 0.302 e. The highest BCUT2D eigenvalue weighted by atomic mass is 16.5. The Labute approximate surface area is 209 Å². The van der Waals surface area contributed by atoms with Crippen LogP contribution in [0.3, 0.4) is 0 Å². The number of carbonyl (C=O) groups excluding carboxylic acids is 1. The minimum absolute atomic E-state index is 0.107. The van der Waals surface area contributed by atoms with Crippen LogP contribution >= 0.6 is 0 Å². The third-order valence-corrected chi connectivity index (χ3v) is 11.0. The number of ether oxygens (including phenoxy) is 1. The van der Waals surface area contributed by atoms with Crippen molar-refractivity contribution in [2.45, 2.75) is 119 Å². The van der Waals surface area contributed by atoms with Crippen molar-refractivity contribution in [3.05, 3.63) is 34.4 Å². The molecule has 2 nitrogen and oxygen atoms in total. The van der Waals surface area contributed by atoms with E-state index >= 15 is 0 Å². The van der Waals surface area contributed by atoms with Crippen molar-refractivity contribution >= 4 is 5.97 Å². The molecular weight excluding hydrogens is 416 g/mol. The Bertz CT molecular complexity index is 889. The molecule has 0 N–H and O–H groups in total. The quantitative estimate of drug-likeness (QED) is 0.289. The first kappa shape index (κ1) is 25.8. The Morgan fingerprint density at radius 3 is 2.53 bits per heavy atom. The van der Waals surface area contributed by atoms with Gasteiger partial charge in [0.15, 0.2) is 0 Å². The van der Waals surface area contributed by atoms with Crippen LogP contribution in [0.5, 0.6) is 0 Å². The van der Waals surface area contributed by atoms with Crippen molar-refractivity contribution in [1.82, 2.24) is 0 Å². The van der Waals surface area contributed by atoms with E-state index in [9.17, 15) is 4.79 Å². The molecule has 0 amide bonds. The molecule has 0 spiro atoms. The van der Waals surface area contributed by atoms with Crippen molar-refractivity contribution in [2.75, 3.05) is 0 Å². The van der Waals surface area contributed by atoms with Gasteiger partial charge >= 0.3 is 5.97 Å². The molecule has 0 heterocycles. The average Bonchev–Trinajstić information content (AvgIpc) is 3.13. The summed E-state index contributed by atoms with van der Waals surface area (Å²) in [5, 5.41) is 0. The highest BCUT2D eigenvalue weighted by Crippen LogP contribution is 2.65. The van der Waals surface area contributed by atoms with E-state index in [1.54, 1.807) is 29.2 Å². The monoisotopic (exact) mass is 466 g/mol. The zero-order chi connectivity index (χ0) is 24.8. The molecule has 0 aromatic carbocycles. The second kappa shape index (κ2) is 9.62. The number of hydrogen-bond donors (Lipinski definition) is 0. The van der Waals surface area contributed by atoms with Crippen LogP contribution in [0.15, 0.2) is 34.4 Å². The van der Waals surface area contributed by atoms with Crippen molar-refractivity contribution in [1.29, 1.82) is 0 Å². The van der Waals surface area contributed by atoms with Crippen LogP contribution in [-0.4, -0.2) is 12.1 Å². The first-order valence-corrected chi connectivity index (χ1v) is 14.3. The Balaban J connectivity index is 1.53. The summed E-state index contributed by atoms with van der Waals surface area (Å²) >= 11 is 0. The fraction of sp³-hybridized carbons (Fsp3) is 0.781. The minimum Gasteiger partial charge on any atom is -0.462 e. The van der Waals surface area contributed by atoms with Gasteiger partial charge in [0.05, 0.1) is 0 Å². The standard InChI is InChI=1S/C32H50O2/c1-9-24(20(2)3)11-10-21(4)26-14-15-28-25-12-13-27-22(5)30(34-23(6)33)17-19-32(27,8)29(25)16-18-31(26,28)7/h9,15,20-22,26-27,30H,10-14,16-19H2,1-8H3. The van der Waals surface area contributed by atoms with Gasteiger partial charge in [0.2, 0.25) is 0 Å². The summed E-state index contributed by atoms with van der Waals surface area (Å²) in [6, 6.07) is 0. The maximum absolute atomic E-state index is 11.7. The molecule has 34 heavy (non-hydrogen) atoms. The number of carbonyl (C=O) groups is 1. The molecular formula is C32H50O2. The molecule has 4 rings (SSSR count). The van der Waals surface area contributed by atoms with E-state index in [4.69, 9.17) is 4.74 Å². The first-order chi connectivity index (χ1) is 16.0. The van der Waals surface area contributed by atoms with Gasteiger partial charge in [0.25, 0.3) is 0 Å². The number of rotatable bonds is 6. The molecule has 7 atom stereocenters. The highest BCUT2D eigenvalue weighted by molar-refractivity contribution is 5.66. The second-order valence-electron chi connectivity index (χ2n) is 13.0. The van der Waals surface area contributed by atoms with E-state index in [1.807, 2.05) is 0 Å². The largest absolute Gasteiger partial charge is 0.462 e. The van der Waals surface area contributed by atoms with E-state index < -0.39 is 0 Å². The Morgan fingerprint density at radius 2 is 1.88 bits per heavy atom. The Kier molecular flexibility index (Phi) is 7.30. The van der Waals surface area contributed by atoms with Crippen LogP contribution in [0.25, 0.3) is 0 Å². The zero-order valence-electron chi connectivity index (χ0n) is 23.3. The van der Waals surface area contributed by atoms with Gasteiger partial charge < -0.3 is 4.74 Å². The topological polar surface area (TPSA) is 26.3 Å². The third-order valence-electron chi connectivity index (χ3n) is 11.0. The predicted octanol–water partition coefficient (Wildman–Crippen LogP) is 8.83. The summed E-state index contributed by atoms with van der Waals surface area (Å²) in [6.07, 6.45) is 16.2. The molecule has 7 unspecified atom stereocenters. The molecule has 4 aliphatic carbocycles. The van der Waals surface area contributed by atoms with Gasteiger partial charge in [0, 0.05) is 6.92 Å². The summed E-state index contributed by atoms with van der Waals surface area (Å²) in [4.78, 5) is 11.7. The zero-order valence-corrected chi connectivity index (χ0v) is 23.3. The maximum atomic E-state index is 11.7. The van der Waals surface area contributed by atoms with E-state index in [2.05, 4.69) is 60.6 Å². The van der Waals surface area contributed by atoms with Crippen LogP contribution in [0, 0.1) is 40.4 Å². The lowest BCUT2D eigenvalue weighted by atomic mass is 9.49. The predicted molar refractivity (Wildman–Crippen MR) is 142 cm³/mol. The van der Waals surface area contributed by atoms with E-state index in [0.717, 1.165) is 18.3 Å². The van der Waals surface area contributed by atoms with Gasteiger partial charge in [-0.25, -0.2) is 0 Å². The molecule has 0 bridgehead atoms. The SMILES string of the molecule is CC=C(CCC(C)C1CC=C2C3=C(CCC21C)C1(C)CCC(OC(C)=O)C(C)C1CC3)C(C)C. The van der Waals surface area contributed by atoms with Crippen molar-refractivity contribution in [2.24, 2.45) is 40.4 Å². The lowest BCUT2D eigenvalue weighted by molar-refractivity contribution is -0.155. The van der Waals surface area contributed by atoms with Gasteiger partial charge in [-0.3, -0.25) is 4.79 Å². The van der Waals surface area contributed by atoms with Gasteiger partial charge in [-0.05, 0) is 116 Å². The summed E-state index contributed by atoms with van der Waals surface area (Å²) in [5.74, 6) is 3.20. The molecule has 0 saturated heterocycles. The number of esters is 1. The van der Waals surface area contributed by atoms with Crippen LogP contribution < -0.4 is 0 Å². The molecule has 2 heteroatoms. The molecule has 1 saturated carbocycles. The maximum Gasteiger partial charge on any atom is 0.302 e. The normalized spacial score (nSPS) is 38.7. The fourth-order valence-electron chi connectivity index (χ4n) is 8.93. The summed E-state index contributed by atoms with van der Waals surface area (Å²) in [5.41, 5.74) is 7.53. The number of fused-ring (bicyclic) bond motifs is 4. The molecule has 0 radical (unpaired) electrons. The molecule has 0 aromatic rings. The van der Waals surface area contributed by atoms with Gasteiger partial charge in [-0.1, -0.05) is 64.8 Å². The fourth-order valence-corrected chi connectivity index (χ4v) is 8.93. The van der Waals surface area contributed by atoms with Gasteiger partial charge in [-0.15, -0.1) is 0 Å². The van der Waals surface area contributed by atoms with Crippen LogP contribution in [0.2, 0.25) is 0 Å². The molecule has 190 valence electrons. The summed E-state index contributed by atoms with van der Waals surface area (Å²) < 4.78 is 5.75. The molecule has 0 aromatic heterocycles. The number of allylic oxidation sites excluding steroid dienone is 6. The van der Waals surface area contributed by atoms with E-state index in [-0.39, 0.29) is 17.5 Å². The summed E-state index contributed by atoms with van der Waals surface area (Å²) in [6.45, 7) is 18.5. The average molecular weight is 467 g/mol. The first-order valence-electron chi connectivity index (χ1n) is 14.3. The third kappa shape index (κ3) is 4.26. The highest BCUT2D eigenvalue weighted by Gasteiger charge is 2.55. The van der Waals surface area contributed by atoms with Crippen LogP contribution in [0.1, 0.15) is 113 Å². The van der Waals surface area contributed by atoms with E-state index in [1.165, 1.54) is 51.4 Å². The van der Waals surface area contributed by atoms with Crippen molar-refractivity contribution < 1.29 is 9.53 Å². The van der Waals surface area contributed by atoms with E-state index in [0.29, 0.717) is 23.2 Å². The Hall–Kier alpha value is -1.31.